The van der Waals surface area contributed by atoms with Crippen molar-refractivity contribution in [3.8, 4) is 22.6 Å². The normalized spacial score (nSPS) is 10.9. The summed E-state index contributed by atoms with van der Waals surface area (Å²) in [6.07, 6.45) is 4.03. The summed E-state index contributed by atoms with van der Waals surface area (Å²) in [4.78, 5) is 13.8. The lowest BCUT2D eigenvalue weighted by atomic mass is 9.93. The molecule has 0 aliphatic heterocycles. The van der Waals surface area contributed by atoms with Gasteiger partial charge in [0.15, 0.2) is 0 Å². The summed E-state index contributed by atoms with van der Waals surface area (Å²) in [6, 6.07) is 41.2. The van der Waals surface area contributed by atoms with Crippen molar-refractivity contribution in [2.75, 3.05) is 0 Å². The number of carbonyl (C=O) groups excluding carboxylic acids is 1. The molecule has 2 nitrogen and oxygen atoms in total. The Bertz CT molecular complexity index is 1420. The third-order valence-corrected chi connectivity index (χ3v) is 5.63. The van der Waals surface area contributed by atoms with Gasteiger partial charge in [0.25, 0.3) is 0 Å². The molecule has 0 atom stereocenters. The minimum atomic E-state index is -0.0736. The molecule has 1 aromatic heterocycles. The fourth-order valence-electron chi connectivity index (χ4n) is 3.92. The molecule has 4 aromatic carbocycles. The van der Waals surface area contributed by atoms with Crippen LogP contribution < -0.4 is 0 Å². The van der Waals surface area contributed by atoms with E-state index in [1.807, 2.05) is 140 Å². The van der Waals surface area contributed by atoms with Crippen LogP contribution in [0.1, 0.15) is 27.0 Å². The molecule has 0 bridgehead atoms. The van der Waals surface area contributed by atoms with Crippen LogP contribution in [0, 0.1) is 0 Å². The number of rotatable bonds is 6. The van der Waals surface area contributed by atoms with E-state index in [1.165, 1.54) is 0 Å². The van der Waals surface area contributed by atoms with Crippen molar-refractivity contribution < 1.29 is 9.21 Å². The molecule has 1 heterocycles. The molecule has 0 aliphatic carbocycles. The van der Waals surface area contributed by atoms with Gasteiger partial charge in [0.1, 0.15) is 5.56 Å². The van der Waals surface area contributed by atoms with E-state index < -0.39 is 0 Å². The zero-order valence-corrected chi connectivity index (χ0v) is 18.6. The Morgan fingerprint density at radius 3 is 1.74 bits per heavy atom. The van der Waals surface area contributed by atoms with Crippen molar-refractivity contribution in [3.05, 3.63) is 150 Å². The maximum Gasteiger partial charge on any atom is 0.372 e. The van der Waals surface area contributed by atoms with E-state index in [1.54, 1.807) is 0 Å². The molecule has 0 aliphatic rings. The number of ketones is 1. The highest BCUT2D eigenvalue weighted by Gasteiger charge is 2.30. The molecule has 5 aromatic rings. The second kappa shape index (κ2) is 9.93. The molecular formula is C32H23O2+. The monoisotopic (exact) mass is 439 g/mol. The first-order chi connectivity index (χ1) is 16.8. The lowest BCUT2D eigenvalue weighted by Crippen LogP contribution is -2.07. The van der Waals surface area contributed by atoms with Crippen LogP contribution in [0.15, 0.2) is 132 Å². The summed E-state index contributed by atoms with van der Waals surface area (Å²) in [6.45, 7) is 0. The molecule has 0 N–H and O–H groups in total. The minimum Gasteiger partial charge on any atom is -0.288 e. The minimum absolute atomic E-state index is 0.0736. The average Bonchev–Trinajstić information content (AvgIpc) is 2.93. The third kappa shape index (κ3) is 4.62. The summed E-state index contributed by atoms with van der Waals surface area (Å²) in [5.74, 6) is 1.19. The molecular weight excluding hydrogens is 416 g/mol. The zero-order chi connectivity index (χ0) is 23.2. The molecule has 5 rings (SSSR count). The molecule has 0 unspecified atom stereocenters. The van der Waals surface area contributed by atoms with Gasteiger partial charge in [0.2, 0.25) is 5.78 Å². The fraction of sp³-hybridized carbons (Fsp3) is 0. The lowest BCUT2D eigenvalue weighted by Gasteiger charge is -2.07. The number of hydrogen-bond acceptors (Lipinski definition) is 1. The van der Waals surface area contributed by atoms with E-state index in [4.69, 9.17) is 4.42 Å². The highest BCUT2D eigenvalue weighted by Crippen LogP contribution is 2.35. The van der Waals surface area contributed by atoms with Crippen LogP contribution in [-0.2, 0) is 0 Å². The van der Waals surface area contributed by atoms with Crippen LogP contribution >= 0.6 is 0 Å². The predicted octanol–water partition coefficient (Wildman–Crippen LogP) is 8.30. The van der Waals surface area contributed by atoms with Gasteiger partial charge in [-0.2, -0.15) is 0 Å². The molecule has 0 radical (unpaired) electrons. The van der Waals surface area contributed by atoms with Gasteiger partial charge in [0.05, 0.1) is 17.2 Å². The summed E-state index contributed by atoms with van der Waals surface area (Å²) in [5.41, 5.74) is 4.84. The quantitative estimate of drug-likeness (QED) is 0.197. The van der Waals surface area contributed by atoms with Crippen LogP contribution in [0.4, 0.5) is 0 Å². The Balaban J connectivity index is 1.77. The molecule has 2 heteroatoms. The van der Waals surface area contributed by atoms with Gasteiger partial charge in [-0.05, 0) is 29.8 Å². The van der Waals surface area contributed by atoms with Gasteiger partial charge in [-0.25, -0.2) is 4.42 Å². The Kier molecular flexibility index (Phi) is 6.22. The van der Waals surface area contributed by atoms with Crippen LogP contribution in [0.25, 0.3) is 34.8 Å². The first-order valence-corrected chi connectivity index (χ1v) is 11.2. The standard InChI is InChI=1S/C32H23O2/c33-31(26-17-9-3-10-18-26)30-28(22-21-24-13-5-1-6-14-24)23-29(25-15-7-2-8-16-25)34-32(30)27-19-11-4-12-20-27/h1-23H/q+1/b22-21+. The Morgan fingerprint density at radius 2 is 1.12 bits per heavy atom. The lowest BCUT2D eigenvalue weighted by molar-refractivity contribution is 0.103. The molecule has 0 spiro atoms. The summed E-state index contributed by atoms with van der Waals surface area (Å²) in [7, 11) is 0. The zero-order valence-electron chi connectivity index (χ0n) is 18.6. The van der Waals surface area contributed by atoms with Gasteiger partial charge in [-0.3, -0.25) is 4.79 Å². The van der Waals surface area contributed by atoms with Crippen molar-refractivity contribution in [2.45, 2.75) is 0 Å². The van der Waals surface area contributed by atoms with Gasteiger partial charge >= 0.3 is 11.5 Å². The topological polar surface area (TPSA) is 28.4 Å². The smallest absolute Gasteiger partial charge is 0.288 e. The second-order valence-electron chi connectivity index (χ2n) is 7.94. The molecule has 0 saturated heterocycles. The maximum atomic E-state index is 13.8. The Labute approximate surface area is 199 Å². The van der Waals surface area contributed by atoms with E-state index in [0.717, 1.165) is 22.3 Å². The summed E-state index contributed by atoms with van der Waals surface area (Å²) < 4.78 is 6.46. The highest BCUT2D eigenvalue weighted by atomic mass is 16.3. The van der Waals surface area contributed by atoms with Crippen molar-refractivity contribution in [1.82, 2.24) is 0 Å². The van der Waals surface area contributed by atoms with E-state index in [2.05, 4.69) is 0 Å². The van der Waals surface area contributed by atoms with Gasteiger partial charge < -0.3 is 0 Å². The molecule has 0 amide bonds. The van der Waals surface area contributed by atoms with Crippen molar-refractivity contribution >= 4 is 17.9 Å². The van der Waals surface area contributed by atoms with Crippen molar-refractivity contribution in [3.63, 3.8) is 0 Å². The van der Waals surface area contributed by atoms with Gasteiger partial charge in [0, 0.05) is 11.1 Å². The Morgan fingerprint density at radius 1 is 0.588 bits per heavy atom. The van der Waals surface area contributed by atoms with Crippen molar-refractivity contribution in [1.29, 1.82) is 0 Å². The number of carbonyl (C=O) groups is 1. The van der Waals surface area contributed by atoms with Crippen molar-refractivity contribution in [2.24, 2.45) is 0 Å². The third-order valence-electron chi connectivity index (χ3n) is 5.63. The first-order valence-electron chi connectivity index (χ1n) is 11.2. The second-order valence-corrected chi connectivity index (χ2v) is 7.94. The molecule has 34 heavy (non-hydrogen) atoms. The van der Waals surface area contributed by atoms with Crippen LogP contribution in [0.5, 0.6) is 0 Å². The van der Waals surface area contributed by atoms with Crippen LogP contribution in [0.3, 0.4) is 0 Å². The summed E-state index contributed by atoms with van der Waals surface area (Å²) >= 11 is 0. The molecule has 0 saturated carbocycles. The predicted molar refractivity (Wildman–Crippen MR) is 139 cm³/mol. The van der Waals surface area contributed by atoms with Gasteiger partial charge in [-0.15, -0.1) is 0 Å². The highest BCUT2D eigenvalue weighted by molar-refractivity contribution is 6.14. The first kappa shape index (κ1) is 21.3. The molecule has 162 valence electrons. The SMILES string of the molecule is O=C(c1ccccc1)c1c(/C=C/c2ccccc2)cc(-c2ccccc2)[o+]c1-c1ccccc1. The largest absolute Gasteiger partial charge is 0.372 e. The van der Waals surface area contributed by atoms with E-state index >= 15 is 0 Å². The van der Waals surface area contributed by atoms with Crippen LogP contribution in [-0.4, -0.2) is 5.78 Å². The van der Waals surface area contributed by atoms with Crippen LogP contribution in [0.2, 0.25) is 0 Å². The Hall–Kier alpha value is -4.56. The van der Waals surface area contributed by atoms with E-state index in [-0.39, 0.29) is 5.78 Å². The number of hydrogen-bond donors (Lipinski definition) is 0. The number of benzene rings is 4. The maximum absolute atomic E-state index is 13.8. The average molecular weight is 440 g/mol. The van der Waals surface area contributed by atoms with E-state index in [0.29, 0.717) is 22.6 Å². The van der Waals surface area contributed by atoms with Gasteiger partial charge in [-0.1, -0.05) is 109 Å². The fourth-order valence-corrected chi connectivity index (χ4v) is 3.92. The summed E-state index contributed by atoms with van der Waals surface area (Å²) in [5, 5.41) is 0. The van der Waals surface area contributed by atoms with E-state index in [9.17, 15) is 4.79 Å². The molecule has 0 fully saturated rings.